The van der Waals surface area contributed by atoms with Gasteiger partial charge in [0.15, 0.2) is 0 Å². The molecular weight excluding hydrogens is 226 g/mol. The monoisotopic (exact) mass is 245 g/mol. The van der Waals surface area contributed by atoms with Crippen molar-refractivity contribution in [3.8, 4) is 0 Å². The molecule has 0 aromatic heterocycles. The number of carbonyl (C=O) groups excluding carboxylic acids is 1. The minimum absolute atomic E-state index is 0.0867. The fraction of sp³-hybridized carbons (Fsp3) is 0.533. The Morgan fingerprint density at radius 3 is 2.39 bits per heavy atom. The zero-order chi connectivity index (χ0) is 12.5. The van der Waals surface area contributed by atoms with E-state index in [0.717, 1.165) is 13.1 Å². The molecule has 2 fully saturated rings. The first-order chi connectivity index (χ1) is 8.75. The SMILES string of the molecule is C[C@@H](c1ccccc1)N1C[C@H]2COC[C@@H](C1)C2=O. The zero-order valence-electron chi connectivity index (χ0n) is 10.7. The highest BCUT2D eigenvalue weighted by molar-refractivity contribution is 5.85. The molecule has 3 atom stereocenters. The van der Waals surface area contributed by atoms with Crippen LogP contribution in [0.25, 0.3) is 0 Å². The van der Waals surface area contributed by atoms with Crippen LogP contribution in [0.2, 0.25) is 0 Å². The summed E-state index contributed by atoms with van der Waals surface area (Å²) >= 11 is 0. The van der Waals surface area contributed by atoms with Crippen molar-refractivity contribution in [2.45, 2.75) is 13.0 Å². The largest absolute Gasteiger partial charge is 0.380 e. The summed E-state index contributed by atoms with van der Waals surface area (Å²) in [6.07, 6.45) is 0. The maximum atomic E-state index is 12.0. The van der Waals surface area contributed by atoms with Crippen LogP contribution in [-0.4, -0.2) is 37.0 Å². The van der Waals surface area contributed by atoms with Crippen molar-refractivity contribution >= 4 is 5.78 Å². The molecule has 0 saturated carbocycles. The molecule has 1 aromatic carbocycles. The summed E-state index contributed by atoms with van der Waals surface area (Å²) in [5.41, 5.74) is 1.32. The minimum Gasteiger partial charge on any atom is -0.380 e. The Morgan fingerprint density at radius 1 is 1.17 bits per heavy atom. The van der Waals surface area contributed by atoms with E-state index >= 15 is 0 Å². The van der Waals surface area contributed by atoms with Crippen LogP contribution in [0.3, 0.4) is 0 Å². The fourth-order valence-corrected chi connectivity index (χ4v) is 3.03. The van der Waals surface area contributed by atoms with E-state index < -0.39 is 0 Å². The standard InChI is InChI=1S/C15H19NO2/c1-11(12-5-3-2-4-6-12)16-7-13-9-18-10-14(8-16)15(13)17/h2-6,11,13-14H,7-10H2,1H3/t11-,13-,14+/m0/s1. The predicted molar refractivity (Wildman–Crippen MR) is 69.2 cm³/mol. The van der Waals surface area contributed by atoms with Gasteiger partial charge >= 0.3 is 0 Å². The summed E-state index contributed by atoms with van der Waals surface area (Å²) in [7, 11) is 0. The lowest BCUT2D eigenvalue weighted by Crippen LogP contribution is -2.53. The Bertz CT molecular complexity index is 415. The molecule has 0 unspecified atom stereocenters. The second-order valence-electron chi connectivity index (χ2n) is 5.37. The Kier molecular flexibility index (Phi) is 3.18. The van der Waals surface area contributed by atoms with Gasteiger partial charge in [-0.05, 0) is 12.5 Å². The Hall–Kier alpha value is -1.19. The van der Waals surface area contributed by atoms with E-state index in [0.29, 0.717) is 25.0 Å². The number of hydrogen-bond donors (Lipinski definition) is 0. The predicted octanol–water partition coefficient (Wildman–Crippen LogP) is 1.89. The second-order valence-corrected chi connectivity index (χ2v) is 5.37. The van der Waals surface area contributed by atoms with Gasteiger partial charge in [0, 0.05) is 19.1 Å². The molecule has 1 aromatic rings. The fourth-order valence-electron chi connectivity index (χ4n) is 3.03. The van der Waals surface area contributed by atoms with Crippen molar-refractivity contribution in [1.82, 2.24) is 4.90 Å². The van der Waals surface area contributed by atoms with Crippen molar-refractivity contribution < 1.29 is 9.53 Å². The molecule has 0 spiro atoms. The van der Waals surface area contributed by atoms with E-state index in [1.807, 2.05) is 6.07 Å². The van der Waals surface area contributed by atoms with Gasteiger partial charge in [-0.1, -0.05) is 30.3 Å². The summed E-state index contributed by atoms with van der Waals surface area (Å²) in [6, 6.07) is 10.9. The molecule has 96 valence electrons. The number of Topliss-reactive ketones (excluding diaryl/α,β-unsaturated/α-hetero) is 1. The number of carbonyl (C=O) groups is 1. The average molecular weight is 245 g/mol. The highest BCUT2D eigenvalue weighted by Crippen LogP contribution is 2.30. The van der Waals surface area contributed by atoms with Crippen molar-refractivity contribution in [3.63, 3.8) is 0 Å². The van der Waals surface area contributed by atoms with Crippen molar-refractivity contribution in [1.29, 1.82) is 0 Å². The Labute approximate surface area is 108 Å². The lowest BCUT2D eigenvalue weighted by Gasteiger charge is -2.42. The Morgan fingerprint density at radius 2 is 1.78 bits per heavy atom. The summed E-state index contributed by atoms with van der Waals surface area (Å²) in [5.74, 6) is 0.588. The van der Waals surface area contributed by atoms with Crippen molar-refractivity contribution in [2.75, 3.05) is 26.3 Å². The molecule has 2 bridgehead atoms. The number of piperidine rings is 1. The number of ketones is 1. The number of benzene rings is 1. The van der Waals surface area contributed by atoms with E-state index in [2.05, 4.69) is 36.1 Å². The third-order valence-corrected chi connectivity index (χ3v) is 4.18. The maximum absolute atomic E-state index is 12.0. The quantitative estimate of drug-likeness (QED) is 0.797. The molecule has 0 radical (unpaired) electrons. The van der Waals surface area contributed by atoms with E-state index in [9.17, 15) is 4.79 Å². The molecule has 3 nitrogen and oxygen atoms in total. The van der Waals surface area contributed by atoms with Gasteiger partial charge in [0.25, 0.3) is 0 Å². The van der Waals surface area contributed by atoms with Gasteiger partial charge in [0.1, 0.15) is 5.78 Å². The van der Waals surface area contributed by atoms with Crippen LogP contribution >= 0.6 is 0 Å². The second kappa shape index (κ2) is 4.82. The summed E-state index contributed by atoms with van der Waals surface area (Å²) in [5, 5.41) is 0. The number of hydrogen-bond acceptors (Lipinski definition) is 3. The number of ether oxygens (including phenoxy) is 1. The van der Waals surface area contributed by atoms with Gasteiger partial charge in [0.2, 0.25) is 0 Å². The van der Waals surface area contributed by atoms with Gasteiger partial charge in [-0.25, -0.2) is 0 Å². The number of nitrogens with zero attached hydrogens (tertiary/aromatic N) is 1. The van der Waals surface area contributed by atoms with Crippen molar-refractivity contribution in [3.05, 3.63) is 35.9 Å². The van der Waals surface area contributed by atoms with Crippen molar-refractivity contribution in [2.24, 2.45) is 11.8 Å². The summed E-state index contributed by atoms with van der Waals surface area (Å²) in [4.78, 5) is 14.4. The minimum atomic E-state index is 0.0867. The first-order valence-corrected chi connectivity index (χ1v) is 6.66. The highest BCUT2D eigenvalue weighted by atomic mass is 16.5. The normalized spacial score (nSPS) is 30.2. The van der Waals surface area contributed by atoms with E-state index in [1.54, 1.807) is 0 Å². The van der Waals surface area contributed by atoms with Gasteiger partial charge in [-0.15, -0.1) is 0 Å². The molecule has 3 rings (SSSR count). The van der Waals surface area contributed by atoms with Crippen LogP contribution in [0.4, 0.5) is 0 Å². The summed E-state index contributed by atoms with van der Waals surface area (Å²) < 4.78 is 5.49. The average Bonchev–Trinajstić information content (AvgIpc) is 2.38. The molecule has 3 heteroatoms. The molecule has 2 aliphatic rings. The highest BCUT2D eigenvalue weighted by Gasteiger charge is 2.40. The van der Waals surface area contributed by atoms with Crippen LogP contribution in [-0.2, 0) is 9.53 Å². The zero-order valence-corrected chi connectivity index (χ0v) is 10.7. The maximum Gasteiger partial charge on any atom is 0.146 e. The van der Waals surface area contributed by atoms with Gasteiger partial charge in [0.05, 0.1) is 25.0 Å². The van der Waals surface area contributed by atoms with Gasteiger partial charge in [-0.3, -0.25) is 9.69 Å². The third kappa shape index (κ3) is 2.08. The van der Waals surface area contributed by atoms with E-state index in [4.69, 9.17) is 4.74 Å². The van der Waals surface area contributed by atoms with Crippen LogP contribution in [0.1, 0.15) is 18.5 Å². The van der Waals surface area contributed by atoms with Gasteiger partial charge in [-0.2, -0.15) is 0 Å². The van der Waals surface area contributed by atoms with E-state index in [-0.39, 0.29) is 11.8 Å². The van der Waals surface area contributed by atoms with Crippen LogP contribution in [0, 0.1) is 11.8 Å². The molecule has 2 saturated heterocycles. The molecule has 0 aliphatic carbocycles. The number of fused-ring (bicyclic) bond motifs is 2. The molecule has 0 amide bonds. The van der Waals surface area contributed by atoms with Crippen LogP contribution in [0.5, 0.6) is 0 Å². The molecular formula is C15H19NO2. The van der Waals surface area contributed by atoms with Crippen LogP contribution < -0.4 is 0 Å². The van der Waals surface area contributed by atoms with E-state index in [1.165, 1.54) is 5.56 Å². The lowest BCUT2D eigenvalue weighted by atomic mass is 9.85. The first kappa shape index (κ1) is 11.9. The van der Waals surface area contributed by atoms with Crippen LogP contribution in [0.15, 0.2) is 30.3 Å². The third-order valence-electron chi connectivity index (χ3n) is 4.18. The molecule has 0 N–H and O–H groups in total. The molecule has 18 heavy (non-hydrogen) atoms. The molecule has 2 aliphatic heterocycles. The smallest absolute Gasteiger partial charge is 0.146 e. The summed E-state index contributed by atoms with van der Waals surface area (Å²) in [6.45, 7) is 5.11. The lowest BCUT2D eigenvalue weighted by molar-refractivity contribution is -0.146. The topological polar surface area (TPSA) is 29.5 Å². The molecule has 2 heterocycles. The number of rotatable bonds is 2. The first-order valence-electron chi connectivity index (χ1n) is 6.66. The van der Waals surface area contributed by atoms with Gasteiger partial charge < -0.3 is 4.74 Å². The number of likely N-dealkylation sites (tertiary alicyclic amines) is 1. The Balaban J connectivity index is 1.76.